The van der Waals surface area contributed by atoms with Crippen molar-refractivity contribution in [2.75, 3.05) is 31.5 Å². The Hall–Kier alpha value is -3.90. The maximum atomic E-state index is 14.0. The number of para-hydroxylation sites is 1. The van der Waals surface area contributed by atoms with Crippen LogP contribution in [0.25, 0.3) is 0 Å². The van der Waals surface area contributed by atoms with Crippen LogP contribution in [0.4, 0.5) is 5.69 Å². The molecule has 3 aromatic carbocycles. The van der Waals surface area contributed by atoms with E-state index in [1.165, 1.54) is 5.56 Å². The summed E-state index contributed by atoms with van der Waals surface area (Å²) < 4.78 is 2.00. The molecule has 0 atom stereocenters. The Kier molecular flexibility index (Phi) is 7.73. The first kappa shape index (κ1) is 23.8. The van der Waals surface area contributed by atoms with Crippen LogP contribution in [0.1, 0.15) is 33.5 Å². The third-order valence-corrected chi connectivity index (χ3v) is 6.73. The first-order chi connectivity index (χ1) is 17.8. The molecule has 5 rings (SSSR count). The Balaban J connectivity index is 1.42. The zero-order chi connectivity index (χ0) is 24.6. The fourth-order valence-electron chi connectivity index (χ4n) is 4.80. The maximum absolute atomic E-state index is 14.0. The topological polar surface area (TPSA) is 53.4 Å². The molecule has 2 heterocycles. The Labute approximate surface area is 213 Å². The molecule has 0 fully saturated rings. The Morgan fingerprint density at radius 1 is 0.861 bits per heavy atom. The van der Waals surface area contributed by atoms with Gasteiger partial charge in [-0.2, -0.15) is 0 Å². The summed E-state index contributed by atoms with van der Waals surface area (Å²) in [4.78, 5) is 22.7. The average Bonchev–Trinajstić information content (AvgIpc) is 3.41. The summed E-state index contributed by atoms with van der Waals surface area (Å²) in [5.74, 6) is 0.0689. The number of hydrogen-bond acceptors (Lipinski definition) is 4. The van der Waals surface area contributed by atoms with Gasteiger partial charge in [-0.25, -0.2) is 4.98 Å². The lowest BCUT2D eigenvalue weighted by atomic mass is 10.0. The second-order valence-corrected chi connectivity index (χ2v) is 9.32. The molecule has 1 aromatic heterocycles. The fraction of sp³-hybridized carbons (Fsp3) is 0.267. The highest BCUT2D eigenvalue weighted by Crippen LogP contribution is 2.21. The van der Waals surface area contributed by atoms with Gasteiger partial charge in [0.1, 0.15) is 0 Å². The van der Waals surface area contributed by atoms with Crippen LogP contribution >= 0.6 is 0 Å². The molecule has 0 saturated heterocycles. The van der Waals surface area contributed by atoms with Crippen LogP contribution in [0, 0.1) is 0 Å². The average molecular weight is 480 g/mol. The SMILES string of the molecule is O=C(c1ccccc1Cn1ccnc1)N1CCN(Cc2ccccc2)CCCNc2ccccc2C1. The molecule has 1 N–H and O–H groups in total. The van der Waals surface area contributed by atoms with Gasteiger partial charge < -0.3 is 14.8 Å². The molecule has 1 aliphatic heterocycles. The zero-order valence-electron chi connectivity index (χ0n) is 20.6. The molecule has 1 amide bonds. The number of carbonyl (C=O) groups is 1. The molecule has 0 spiro atoms. The van der Waals surface area contributed by atoms with Crippen LogP contribution in [-0.4, -0.2) is 51.4 Å². The quantitative estimate of drug-likeness (QED) is 0.443. The predicted molar refractivity (Wildman–Crippen MR) is 144 cm³/mol. The van der Waals surface area contributed by atoms with Crippen molar-refractivity contribution in [1.29, 1.82) is 0 Å². The minimum absolute atomic E-state index is 0.0689. The van der Waals surface area contributed by atoms with Crippen molar-refractivity contribution < 1.29 is 4.79 Å². The van der Waals surface area contributed by atoms with E-state index in [2.05, 4.69) is 69.8 Å². The molecular formula is C30H33N5O. The van der Waals surface area contributed by atoms with Crippen molar-refractivity contribution in [3.63, 3.8) is 0 Å². The molecule has 184 valence electrons. The zero-order valence-corrected chi connectivity index (χ0v) is 20.6. The lowest BCUT2D eigenvalue weighted by molar-refractivity contribution is 0.0719. The van der Waals surface area contributed by atoms with E-state index in [4.69, 9.17) is 0 Å². The van der Waals surface area contributed by atoms with Gasteiger partial charge in [0, 0.05) is 69.5 Å². The van der Waals surface area contributed by atoms with E-state index in [-0.39, 0.29) is 5.91 Å². The largest absolute Gasteiger partial charge is 0.385 e. The van der Waals surface area contributed by atoms with Gasteiger partial charge in [0.25, 0.3) is 5.91 Å². The maximum Gasteiger partial charge on any atom is 0.254 e. The summed E-state index contributed by atoms with van der Waals surface area (Å²) in [5, 5.41) is 3.61. The van der Waals surface area contributed by atoms with Crippen LogP contribution in [-0.2, 0) is 19.6 Å². The fourth-order valence-corrected chi connectivity index (χ4v) is 4.80. The number of fused-ring (bicyclic) bond motifs is 1. The molecule has 0 unspecified atom stereocenters. The number of nitrogens with zero attached hydrogens (tertiary/aromatic N) is 4. The smallest absolute Gasteiger partial charge is 0.254 e. The highest BCUT2D eigenvalue weighted by Gasteiger charge is 2.22. The van der Waals surface area contributed by atoms with Crippen LogP contribution < -0.4 is 5.32 Å². The monoisotopic (exact) mass is 479 g/mol. The van der Waals surface area contributed by atoms with Gasteiger partial charge in [0.05, 0.1) is 6.33 Å². The minimum Gasteiger partial charge on any atom is -0.385 e. The van der Waals surface area contributed by atoms with Crippen LogP contribution in [0.3, 0.4) is 0 Å². The van der Waals surface area contributed by atoms with E-state index in [9.17, 15) is 4.79 Å². The number of anilines is 1. The van der Waals surface area contributed by atoms with E-state index >= 15 is 0 Å². The van der Waals surface area contributed by atoms with Gasteiger partial charge >= 0.3 is 0 Å². The summed E-state index contributed by atoms with van der Waals surface area (Å²) in [6.07, 6.45) is 6.53. The summed E-state index contributed by atoms with van der Waals surface area (Å²) in [6, 6.07) is 26.9. The highest BCUT2D eigenvalue weighted by atomic mass is 16.2. The lowest BCUT2D eigenvalue weighted by Gasteiger charge is -2.28. The molecule has 36 heavy (non-hydrogen) atoms. The van der Waals surface area contributed by atoms with Crippen LogP contribution in [0.5, 0.6) is 0 Å². The molecule has 6 nitrogen and oxygen atoms in total. The van der Waals surface area contributed by atoms with Gasteiger partial charge in [-0.15, -0.1) is 0 Å². The summed E-state index contributed by atoms with van der Waals surface area (Å²) >= 11 is 0. The Morgan fingerprint density at radius 3 is 2.53 bits per heavy atom. The lowest BCUT2D eigenvalue weighted by Crippen LogP contribution is -2.39. The molecule has 4 aromatic rings. The predicted octanol–water partition coefficient (Wildman–Crippen LogP) is 4.89. The second-order valence-electron chi connectivity index (χ2n) is 9.32. The third kappa shape index (κ3) is 6.01. The van der Waals surface area contributed by atoms with Gasteiger partial charge in [-0.1, -0.05) is 66.7 Å². The van der Waals surface area contributed by atoms with E-state index in [1.807, 2.05) is 39.9 Å². The van der Waals surface area contributed by atoms with Gasteiger partial charge in [0.15, 0.2) is 0 Å². The minimum atomic E-state index is 0.0689. The van der Waals surface area contributed by atoms with Gasteiger partial charge in [0.2, 0.25) is 0 Å². The molecular weight excluding hydrogens is 446 g/mol. The van der Waals surface area contributed by atoms with Crippen molar-refractivity contribution >= 4 is 11.6 Å². The molecule has 0 radical (unpaired) electrons. The standard InChI is InChI=1S/C30H33N5O/c36-30(28-13-6-4-11-26(28)22-34-18-16-31-24-34)35-20-19-33(21-25-9-2-1-3-10-25)17-8-15-32-29-14-7-5-12-27(29)23-35/h1-7,9-14,16,18,24,32H,8,15,17,19-23H2. The van der Waals surface area contributed by atoms with Crippen molar-refractivity contribution in [3.05, 3.63) is 120 Å². The number of nitrogens with one attached hydrogen (secondary N) is 1. The van der Waals surface area contributed by atoms with E-state index < -0.39 is 0 Å². The van der Waals surface area contributed by atoms with E-state index in [0.29, 0.717) is 19.6 Å². The van der Waals surface area contributed by atoms with Gasteiger partial charge in [-0.05, 0) is 35.2 Å². The molecule has 1 aliphatic rings. The third-order valence-electron chi connectivity index (χ3n) is 6.73. The number of rotatable bonds is 5. The summed E-state index contributed by atoms with van der Waals surface area (Å²) in [6.45, 7) is 5.45. The summed E-state index contributed by atoms with van der Waals surface area (Å²) in [7, 11) is 0. The molecule has 0 saturated carbocycles. The van der Waals surface area contributed by atoms with Crippen LogP contribution in [0.15, 0.2) is 97.6 Å². The molecule has 0 aliphatic carbocycles. The first-order valence-electron chi connectivity index (χ1n) is 12.7. The number of hydrogen-bond donors (Lipinski definition) is 1. The van der Waals surface area contributed by atoms with Gasteiger partial charge in [-0.3, -0.25) is 9.69 Å². The van der Waals surface area contributed by atoms with E-state index in [1.54, 1.807) is 12.5 Å². The van der Waals surface area contributed by atoms with Crippen molar-refractivity contribution in [2.24, 2.45) is 0 Å². The normalized spacial score (nSPS) is 14.9. The second kappa shape index (κ2) is 11.7. The number of carbonyl (C=O) groups excluding carboxylic acids is 1. The number of amides is 1. The molecule has 6 heteroatoms. The Morgan fingerprint density at radius 2 is 1.67 bits per heavy atom. The van der Waals surface area contributed by atoms with Crippen LogP contribution in [0.2, 0.25) is 0 Å². The Bertz CT molecular complexity index is 1260. The first-order valence-corrected chi connectivity index (χ1v) is 12.7. The number of aromatic nitrogens is 2. The van der Waals surface area contributed by atoms with Crippen molar-refractivity contribution in [2.45, 2.75) is 26.1 Å². The van der Waals surface area contributed by atoms with E-state index in [0.717, 1.165) is 55.0 Å². The van der Waals surface area contributed by atoms with Crippen molar-refractivity contribution in [3.8, 4) is 0 Å². The summed E-state index contributed by atoms with van der Waals surface area (Å²) in [5.41, 5.74) is 5.31. The number of imidazole rings is 1. The van der Waals surface area contributed by atoms with Crippen molar-refractivity contribution in [1.82, 2.24) is 19.4 Å². The highest BCUT2D eigenvalue weighted by molar-refractivity contribution is 5.95. The number of benzene rings is 3. The molecule has 0 bridgehead atoms.